The lowest BCUT2D eigenvalue weighted by Crippen LogP contribution is -2.55. The molecule has 1 heterocycles. The highest BCUT2D eigenvalue weighted by molar-refractivity contribution is 8.13. The summed E-state index contributed by atoms with van der Waals surface area (Å²) < 4.78 is 30.9. The van der Waals surface area contributed by atoms with Gasteiger partial charge in [0.2, 0.25) is 0 Å². The number of benzene rings is 1. The maximum absolute atomic E-state index is 13.7. The molecule has 6 atom stereocenters. The fourth-order valence-corrected chi connectivity index (χ4v) is 5.67. The molecular formula is C26H43N4O9PS. The smallest absolute Gasteiger partial charge is 0.395 e. The van der Waals surface area contributed by atoms with Crippen molar-refractivity contribution < 1.29 is 43.3 Å². The quantitative estimate of drug-likeness (QED) is 0.110. The summed E-state index contributed by atoms with van der Waals surface area (Å²) in [6, 6.07) is 8.59. The molecule has 1 aliphatic heterocycles. The van der Waals surface area contributed by atoms with Gasteiger partial charge in [-0.15, -0.1) is 0 Å². The van der Waals surface area contributed by atoms with E-state index in [0.29, 0.717) is 5.57 Å². The Hall–Kier alpha value is -1.84. The molecule has 0 saturated carbocycles. The number of nitrogens with two attached hydrogens (primary N) is 1. The van der Waals surface area contributed by atoms with Crippen LogP contribution in [0.2, 0.25) is 0 Å². The first-order valence-corrected chi connectivity index (χ1v) is 15.7. The lowest BCUT2D eigenvalue weighted by Gasteiger charge is -2.36. The number of urea groups is 1. The van der Waals surface area contributed by atoms with Gasteiger partial charge in [0.1, 0.15) is 24.6 Å². The molecule has 41 heavy (non-hydrogen) atoms. The number of aliphatic hydroxyl groups is 3. The standard InChI is InChI=1S/C26H43N4O9PS/c1-17-14-30(25(35)29-23(17)27)19(3)39-21(22(33)18(2)32)15-38-40(36,28-13-20-9-7-6-8-10-20)37-11-12-41-24(34)26(4,5)16-31/h6-10,14,18-19,21-23,31-33H,11-13,15-16,27H2,1-5H3,(H,28,36)(H,29,35)/t18?,19?,21-,22?,23?,40?/m1/s1. The Morgan fingerprint density at radius 2 is 1.90 bits per heavy atom. The van der Waals surface area contributed by atoms with Gasteiger partial charge in [-0.25, -0.2) is 14.4 Å². The van der Waals surface area contributed by atoms with Crippen molar-refractivity contribution in [3.8, 4) is 0 Å². The number of hydrogen-bond acceptors (Lipinski definition) is 11. The SMILES string of the molecule is CC1=CN(C(C)O[C@H](COP(=O)(NCc2ccccc2)OCCSC(=O)C(C)(C)CO)C(O)C(C)O)C(=O)NC1N. The number of nitrogens with zero attached hydrogens (tertiary/aromatic N) is 1. The van der Waals surface area contributed by atoms with Crippen LogP contribution in [-0.2, 0) is 29.7 Å². The van der Waals surface area contributed by atoms with Gasteiger partial charge in [-0.2, -0.15) is 0 Å². The summed E-state index contributed by atoms with van der Waals surface area (Å²) >= 11 is 0.937. The first-order chi connectivity index (χ1) is 19.2. The Balaban J connectivity index is 2.14. The number of rotatable bonds is 17. The van der Waals surface area contributed by atoms with Crippen molar-refractivity contribution >= 4 is 30.7 Å². The van der Waals surface area contributed by atoms with Crippen molar-refractivity contribution in [3.63, 3.8) is 0 Å². The van der Waals surface area contributed by atoms with E-state index in [1.165, 1.54) is 18.0 Å². The number of thioether (sulfide) groups is 1. The van der Waals surface area contributed by atoms with Crippen LogP contribution in [-0.4, -0.2) is 87.6 Å². The van der Waals surface area contributed by atoms with Crippen LogP contribution in [0.3, 0.4) is 0 Å². The monoisotopic (exact) mass is 618 g/mol. The maximum atomic E-state index is 13.7. The Morgan fingerprint density at radius 1 is 1.24 bits per heavy atom. The molecule has 232 valence electrons. The summed E-state index contributed by atoms with van der Waals surface area (Å²) in [5.74, 6) is 0.147. The number of carbonyl (C=O) groups is 2. The third-order valence-corrected chi connectivity index (χ3v) is 8.98. The van der Waals surface area contributed by atoms with Gasteiger partial charge >= 0.3 is 13.8 Å². The summed E-state index contributed by atoms with van der Waals surface area (Å²) in [6.07, 6.45) is -3.98. The first kappa shape index (κ1) is 35.4. The Kier molecular flexibility index (Phi) is 13.9. The maximum Gasteiger partial charge on any atom is 0.405 e. The number of hydrogen-bond donors (Lipinski definition) is 6. The topological polar surface area (TPSA) is 193 Å². The molecule has 1 aromatic rings. The van der Waals surface area contributed by atoms with Crippen LogP contribution in [0.25, 0.3) is 0 Å². The van der Waals surface area contributed by atoms with Crippen molar-refractivity contribution in [2.24, 2.45) is 11.1 Å². The van der Waals surface area contributed by atoms with Gasteiger partial charge in [0.15, 0.2) is 5.12 Å². The van der Waals surface area contributed by atoms with Crippen LogP contribution >= 0.6 is 19.5 Å². The molecular weight excluding hydrogens is 575 g/mol. The normalized spacial score (nSPS) is 20.4. The zero-order chi connectivity index (χ0) is 30.8. The number of nitrogens with one attached hydrogen (secondary N) is 2. The van der Waals surface area contributed by atoms with Gasteiger partial charge in [-0.1, -0.05) is 42.1 Å². The second-order valence-electron chi connectivity index (χ2n) is 10.3. The summed E-state index contributed by atoms with van der Waals surface area (Å²) in [4.78, 5) is 26.0. The van der Waals surface area contributed by atoms with E-state index in [1.54, 1.807) is 27.7 Å². The van der Waals surface area contributed by atoms with Crippen molar-refractivity contribution in [1.29, 1.82) is 0 Å². The van der Waals surface area contributed by atoms with Gasteiger partial charge in [0.05, 0.1) is 31.3 Å². The molecule has 0 bridgehead atoms. The van der Waals surface area contributed by atoms with E-state index in [-0.39, 0.29) is 30.6 Å². The molecule has 1 aliphatic rings. The summed E-state index contributed by atoms with van der Waals surface area (Å²) in [5.41, 5.74) is 6.38. The van der Waals surface area contributed by atoms with E-state index >= 15 is 0 Å². The van der Waals surface area contributed by atoms with Gasteiger partial charge < -0.3 is 31.1 Å². The number of ether oxygens (including phenoxy) is 1. The second-order valence-corrected chi connectivity index (χ2v) is 13.2. The highest BCUT2D eigenvalue weighted by Crippen LogP contribution is 2.44. The number of aliphatic hydroxyl groups excluding tert-OH is 3. The average molecular weight is 619 g/mol. The molecule has 1 aromatic carbocycles. The predicted octanol–water partition coefficient (Wildman–Crippen LogP) is 1.88. The molecule has 2 amide bonds. The molecule has 0 fully saturated rings. The van der Waals surface area contributed by atoms with Gasteiger partial charge in [-0.3, -0.25) is 18.7 Å². The van der Waals surface area contributed by atoms with E-state index < -0.39 is 56.5 Å². The van der Waals surface area contributed by atoms with E-state index in [4.69, 9.17) is 19.5 Å². The van der Waals surface area contributed by atoms with Crippen LogP contribution in [0.1, 0.15) is 40.2 Å². The molecule has 0 saturated heterocycles. The summed E-state index contributed by atoms with van der Waals surface area (Å²) in [6.45, 7) is 7.10. The Bertz CT molecular complexity index is 1080. The largest absolute Gasteiger partial charge is 0.405 e. The predicted molar refractivity (Wildman–Crippen MR) is 155 cm³/mol. The minimum absolute atomic E-state index is 0.126. The minimum Gasteiger partial charge on any atom is -0.395 e. The van der Waals surface area contributed by atoms with Crippen LogP contribution in [0.5, 0.6) is 0 Å². The highest BCUT2D eigenvalue weighted by atomic mass is 32.2. The molecule has 5 unspecified atom stereocenters. The number of carbonyl (C=O) groups excluding carboxylic acids is 2. The molecule has 0 aromatic heterocycles. The molecule has 0 radical (unpaired) electrons. The summed E-state index contributed by atoms with van der Waals surface area (Å²) in [7, 11) is -4.04. The fourth-order valence-electron chi connectivity index (χ4n) is 3.43. The summed E-state index contributed by atoms with van der Waals surface area (Å²) in [5, 5.41) is 35.2. The number of amides is 2. The first-order valence-electron chi connectivity index (χ1n) is 13.2. The molecule has 15 heteroatoms. The van der Waals surface area contributed by atoms with Gasteiger partial charge in [0, 0.05) is 18.5 Å². The molecule has 7 N–H and O–H groups in total. The lowest BCUT2D eigenvalue weighted by molar-refractivity contribution is -0.143. The molecule has 2 rings (SSSR count). The highest BCUT2D eigenvalue weighted by Gasteiger charge is 2.35. The van der Waals surface area contributed by atoms with Crippen LogP contribution in [0, 0.1) is 5.41 Å². The van der Waals surface area contributed by atoms with Crippen molar-refractivity contribution in [2.45, 2.75) is 71.9 Å². The van der Waals surface area contributed by atoms with Crippen molar-refractivity contribution in [1.82, 2.24) is 15.3 Å². The van der Waals surface area contributed by atoms with Crippen LogP contribution in [0.15, 0.2) is 42.1 Å². The minimum atomic E-state index is -4.04. The van der Waals surface area contributed by atoms with E-state index in [2.05, 4.69) is 10.4 Å². The van der Waals surface area contributed by atoms with Crippen molar-refractivity contribution in [3.05, 3.63) is 47.7 Å². The van der Waals surface area contributed by atoms with Crippen LogP contribution in [0.4, 0.5) is 4.79 Å². The molecule has 0 spiro atoms. The Labute approximate surface area is 245 Å². The third-order valence-electron chi connectivity index (χ3n) is 6.24. The molecule has 0 aliphatic carbocycles. The van der Waals surface area contributed by atoms with Gasteiger partial charge in [0.25, 0.3) is 0 Å². The Morgan fingerprint density at radius 3 is 2.51 bits per heavy atom. The second kappa shape index (κ2) is 16.1. The van der Waals surface area contributed by atoms with Gasteiger partial charge in [-0.05, 0) is 45.8 Å². The lowest BCUT2D eigenvalue weighted by atomic mass is 9.97. The van der Waals surface area contributed by atoms with E-state index in [1.807, 2.05) is 30.3 Å². The van der Waals surface area contributed by atoms with E-state index in [0.717, 1.165) is 17.3 Å². The zero-order valence-corrected chi connectivity index (χ0v) is 25.8. The third kappa shape index (κ3) is 11.1. The molecule has 13 nitrogen and oxygen atoms in total. The fraction of sp³-hybridized carbons (Fsp3) is 0.615. The van der Waals surface area contributed by atoms with E-state index in [9.17, 15) is 29.5 Å². The zero-order valence-electron chi connectivity index (χ0n) is 24.1. The van der Waals surface area contributed by atoms with Crippen molar-refractivity contribution in [2.75, 3.05) is 25.6 Å². The average Bonchev–Trinajstić information content (AvgIpc) is 2.94. The van der Waals surface area contributed by atoms with Crippen LogP contribution < -0.4 is 16.1 Å².